The molecule has 8 heteroatoms. The van der Waals surface area contributed by atoms with Crippen molar-refractivity contribution < 1.29 is 18.4 Å². The maximum absolute atomic E-state index is 13.9. The normalized spacial score (nSPS) is 19.2. The summed E-state index contributed by atoms with van der Waals surface area (Å²) in [6.07, 6.45) is 5.66. The number of fused-ring (bicyclic) bond motifs is 2. The van der Waals surface area contributed by atoms with Crippen LogP contribution in [0.2, 0.25) is 0 Å². The van der Waals surface area contributed by atoms with Crippen LogP contribution in [-0.2, 0) is 0 Å². The smallest absolute Gasteiger partial charge is 0.252 e. The lowest BCUT2D eigenvalue weighted by Gasteiger charge is -2.47. The average Bonchev–Trinajstić information content (AvgIpc) is 3.77. The molecule has 4 heterocycles. The van der Waals surface area contributed by atoms with E-state index in [2.05, 4.69) is 31.4 Å². The zero-order valence-electron chi connectivity index (χ0n) is 26.2. The number of amides is 2. The number of hydrogen-bond donors (Lipinski definition) is 2. The molecule has 1 aliphatic carbocycles. The van der Waals surface area contributed by atoms with Gasteiger partial charge in [-0.05, 0) is 78.6 Å². The molecule has 2 amide bonds. The molecular weight excluding hydrogens is 576 g/mol. The Morgan fingerprint density at radius 2 is 1.28 bits per heavy atom. The van der Waals surface area contributed by atoms with Crippen molar-refractivity contribution in [1.82, 2.24) is 20.6 Å². The van der Waals surface area contributed by atoms with E-state index in [-0.39, 0.29) is 28.7 Å². The van der Waals surface area contributed by atoms with E-state index in [1.807, 2.05) is 72.8 Å². The van der Waals surface area contributed by atoms with E-state index in [0.29, 0.717) is 40.6 Å². The van der Waals surface area contributed by atoms with Gasteiger partial charge < -0.3 is 19.5 Å². The Balaban J connectivity index is 1.12. The van der Waals surface area contributed by atoms with Crippen molar-refractivity contribution >= 4 is 33.6 Å². The van der Waals surface area contributed by atoms with Gasteiger partial charge in [-0.15, -0.1) is 0 Å². The first-order valence-corrected chi connectivity index (χ1v) is 15.6. The summed E-state index contributed by atoms with van der Waals surface area (Å²) in [5, 5.41) is 8.16. The van der Waals surface area contributed by atoms with Gasteiger partial charge in [0, 0.05) is 23.4 Å². The van der Waals surface area contributed by atoms with Gasteiger partial charge in [0.05, 0.1) is 34.7 Å². The standard InChI is InChI=1S/C38H36N4O4/c1-37(2)20-24(40-36(44)28-19-32(34-15-9-17-46-34)42-30-13-7-5-11-26(28)30)21-38(3,22-37)23-39-35(43)27-18-31(33-14-8-16-45-33)41-29-12-6-4-10-25(27)29/h4-19,24H,20-23H2,1-3H3,(H,39,43)(H,40,44)/t24-,38-/m0/s1. The Bertz CT molecular complexity index is 2050. The topological polar surface area (TPSA) is 110 Å². The summed E-state index contributed by atoms with van der Waals surface area (Å²) in [7, 11) is 0. The molecule has 0 saturated heterocycles. The van der Waals surface area contributed by atoms with E-state index in [1.54, 1.807) is 24.7 Å². The van der Waals surface area contributed by atoms with E-state index < -0.39 is 0 Å². The van der Waals surface area contributed by atoms with Crippen molar-refractivity contribution in [3.63, 3.8) is 0 Å². The highest BCUT2D eigenvalue weighted by Gasteiger charge is 2.42. The number of carbonyl (C=O) groups excluding carboxylic acids is 2. The van der Waals surface area contributed by atoms with Crippen LogP contribution in [0, 0.1) is 10.8 Å². The maximum Gasteiger partial charge on any atom is 0.252 e. The highest BCUT2D eigenvalue weighted by molar-refractivity contribution is 6.08. The molecule has 7 rings (SSSR count). The van der Waals surface area contributed by atoms with Gasteiger partial charge in [0.25, 0.3) is 11.8 Å². The van der Waals surface area contributed by atoms with Gasteiger partial charge in [-0.25, -0.2) is 9.97 Å². The fourth-order valence-corrected chi connectivity index (χ4v) is 7.35. The maximum atomic E-state index is 13.9. The third kappa shape index (κ3) is 5.90. The molecule has 0 unspecified atom stereocenters. The lowest BCUT2D eigenvalue weighted by Crippen LogP contribution is -2.50. The molecule has 46 heavy (non-hydrogen) atoms. The Morgan fingerprint density at radius 3 is 1.83 bits per heavy atom. The second kappa shape index (κ2) is 11.6. The molecule has 232 valence electrons. The van der Waals surface area contributed by atoms with Crippen LogP contribution in [0.4, 0.5) is 0 Å². The third-order valence-electron chi connectivity index (χ3n) is 8.92. The van der Waals surface area contributed by atoms with Crippen LogP contribution in [0.5, 0.6) is 0 Å². The number of nitrogens with zero attached hydrogens (tertiary/aromatic N) is 2. The minimum Gasteiger partial charge on any atom is -0.463 e. The average molecular weight is 613 g/mol. The van der Waals surface area contributed by atoms with E-state index in [4.69, 9.17) is 18.8 Å². The van der Waals surface area contributed by atoms with Gasteiger partial charge >= 0.3 is 0 Å². The molecule has 0 aliphatic heterocycles. The number of nitrogens with one attached hydrogen (secondary N) is 2. The fraction of sp³-hybridized carbons (Fsp3) is 0.263. The number of hydrogen-bond acceptors (Lipinski definition) is 6. The molecule has 1 aliphatic rings. The fourth-order valence-electron chi connectivity index (χ4n) is 7.35. The first-order chi connectivity index (χ1) is 22.2. The molecule has 2 N–H and O–H groups in total. The summed E-state index contributed by atoms with van der Waals surface area (Å²) >= 11 is 0. The molecule has 4 aromatic heterocycles. The van der Waals surface area contributed by atoms with Crippen LogP contribution in [0.3, 0.4) is 0 Å². The van der Waals surface area contributed by atoms with Crippen molar-refractivity contribution in [2.45, 2.75) is 46.1 Å². The predicted molar refractivity (Wildman–Crippen MR) is 178 cm³/mol. The van der Waals surface area contributed by atoms with Crippen molar-refractivity contribution in [3.05, 3.63) is 109 Å². The van der Waals surface area contributed by atoms with Gasteiger partial charge in [0.1, 0.15) is 11.4 Å². The summed E-state index contributed by atoms with van der Waals surface area (Å²) in [5.74, 6) is 0.914. The van der Waals surface area contributed by atoms with E-state index in [0.717, 1.165) is 41.1 Å². The summed E-state index contributed by atoms with van der Waals surface area (Å²) in [6.45, 7) is 7.13. The molecule has 1 saturated carbocycles. The number of benzene rings is 2. The lowest BCUT2D eigenvalue weighted by molar-refractivity contribution is 0.0593. The monoisotopic (exact) mass is 612 g/mol. The second-order valence-corrected chi connectivity index (χ2v) is 13.5. The lowest BCUT2D eigenvalue weighted by atomic mass is 9.62. The quantitative estimate of drug-likeness (QED) is 0.189. The van der Waals surface area contributed by atoms with Crippen LogP contribution < -0.4 is 10.6 Å². The molecule has 0 radical (unpaired) electrons. The van der Waals surface area contributed by atoms with Crippen LogP contribution >= 0.6 is 0 Å². The largest absolute Gasteiger partial charge is 0.463 e. The van der Waals surface area contributed by atoms with Gasteiger partial charge in [0.2, 0.25) is 0 Å². The zero-order chi connectivity index (χ0) is 31.9. The van der Waals surface area contributed by atoms with Crippen molar-refractivity contribution in [1.29, 1.82) is 0 Å². The van der Waals surface area contributed by atoms with Crippen LogP contribution in [0.25, 0.3) is 44.7 Å². The highest BCUT2D eigenvalue weighted by atomic mass is 16.3. The number of aromatic nitrogens is 2. The molecule has 1 fully saturated rings. The molecule has 2 atom stereocenters. The SMILES string of the molecule is CC1(C)C[C@H](NC(=O)c2cc(-c3ccco3)nc3ccccc23)C[C@](C)(CNC(=O)c2cc(-c3ccco3)nc3ccccc23)C1. The molecule has 8 nitrogen and oxygen atoms in total. The first kappa shape index (κ1) is 29.5. The first-order valence-electron chi connectivity index (χ1n) is 15.6. The van der Waals surface area contributed by atoms with Crippen molar-refractivity contribution in [2.24, 2.45) is 10.8 Å². The Kier molecular flexibility index (Phi) is 7.43. The van der Waals surface area contributed by atoms with Crippen LogP contribution in [-0.4, -0.2) is 34.4 Å². The molecule has 2 aromatic carbocycles. The highest BCUT2D eigenvalue weighted by Crippen LogP contribution is 2.46. The minimum atomic E-state index is -0.248. The van der Waals surface area contributed by atoms with Gasteiger partial charge in [-0.3, -0.25) is 9.59 Å². The molecule has 6 aromatic rings. The summed E-state index contributed by atoms with van der Waals surface area (Å²) in [4.78, 5) is 37.2. The third-order valence-corrected chi connectivity index (χ3v) is 8.92. The van der Waals surface area contributed by atoms with Gasteiger partial charge in [-0.2, -0.15) is 0 Å². The summed E-state index contributed by atoms with van der Waals surface area (Å²) < 4.78 is 11.2. The second-order valence-electron chi connectivity index (χ2n) is 13.5. The number of furan rings is 2. The number of pyridine rings is 2. The minimum absolute atomic E-state index is 0.0505. The van der Waals surface area contributed by atoms with Crippen LogP contribution in [0.15, 0.2) is 106 Å². The summed E-state index contributed by atoms with van der Waals surface area (Å²) in [6, 6.07) is 26.1. The predicted octanol–water partition coefficient (Wildman–Crippen LogP) is 8.05. The van der Waals surface area contributed by atoms with Crippen molar-refractivity contribution in [3.8, 4) is 22.9 Å². The van der Waals surface area contributed by atoms with E-state index in [1.165, 1.54) is 0 Å². The number of para-hydroxylation sites is 2. The number of rotatable bonds is 7. The van der Waals surface area contributed by atoms with E-state index >= 15 is 0 Å². The Hall–Kier alpha value is -5.24. The molecule has 0 bridgehead atoms. The molecular formula is C38H36N4O4. The Labute approximate surface area is 267 Å². The van der Waals surface area contributed by atoms with Gasteiger partial charge in [-0.1, -0.05) is 57.2 Å². The Morgan fingerprint density at radius 1 is 0.739 bits per heavy atom. The van der Waals surface area contributed by atoms with Gasteiger partial charge in [0.15, 0.2) is 11.5 Å². The van der Waals surface area contributed by atoms with E-state index in [9.17, 15) is 9.59 Å². The summed E-state index contributed by atoms with van der Waals surface area (Å²) in [5.41, 5.74) is 3.51. The number of carbonyl (C=O) groups is 2. The zero-order valence-corrected chi connectivity index (χ0v) is 26.2. The van der Waals surface area contributed by atoms with Crippen LogP contribution in [0.1, 0.15) is 60.7 Å². The van der Waals surface area contributed by atoms with Crippen molar-refractivity contribution in [2.75, 3.05) is 6.54 Å². The molecule has 0 spiro atoms.